The summed E-state index contributed by atoms with van der Waals surface area (Å²) in [5.74, 6) is 0. The van der Waals surface area contributed by atoms with Gasteiger partial charge in [-0.25, -0.2) is 0 Å². The molecule has 0 aliphatic carbocycles. The molecule has 4 heteroatoms. The maximum atomic E-state index is 5.13. The molecule has 0 spiro atoms. The van der Waals surface area contributed by atoms with Gasteiger partial charge in [0.2, 0.25) is 0 Å². The molecule has 0 aliphatic rings. The Labute approximate surface area is 118 Å². The molecule has 2 aromatic carbocycles. The molecule has 0 bridgehead atoms. The number of hydrogen-bond acceptors (Lipinski definition) is 2. The lowest BCUT2D eigenvalue weighted by Gasteiger charge is -2.06. The van der Waals surface area contributed by atoms with Gasteiger partial charge >= 0.3 is 0 Å². The predicted octanol–water partition coefficient (Wildman–Crippen LogP) is 2.68. The van der Waals surface area contributed by atoms with E-state index in [-0.39, 0.29) is 0 Å². The standard InChI is InChI=1S/C15H15N3S/c19-15(16-11-13-7-3-1-4-8-13)18-17-12-14-9-5-2-6-10-14/h1-10,12H,11H2,(H2,16,18,19). The normalized spacial score (nSPS) is 10.3. The van der Waals surface area contributed by atoms with Crippen LogP contribution in [0.2, 0.25) is 0 Å². The highest BCUT2D eigenvalue weighted by Gasteiger charge is 1.93. The number of hydrazone groups is 1. The van der Waals surface area contributed by atoms with E-state index in [1.807, 2.05) is 60.7 Å². The topological polar surface area (TPSA) is 36.4 Å². The Hall–Kier alpha value is -2.20. The van der Waals surface area contributed by atoms with E-state index >= 15 is 0 Å². The zero-order chi connectivity index (χ0) is 13.3. The molecule has 2 aromatic rings. The molecule has 0 unspecified atom stereocenters. The highest BCUT2D eigenvalue weighted by Crippen LogP contribution is 1.97. The van der Waals surface area contributed by atoms with Gasteiger partial charge in [-0.05, 0) is 23.3 Å². The van der Waals surface area contributed by atoms with E-state index in [0.29, 0.717) is 11.7 Å². The lowest BCUT2D eigenvalue weighted by molar-refractivity contribution is 0.869. The van der Waals surface area contributed by atoms with Crippen LogP contribution in [0.25, 0.3) is 0 Å². The van der Waals surface area contributed by atoms with Gasteiger partial charge in [0.05, 0.1) is 6.21 Å². The third-order valence-electron chi connectivity index (χ3n) is 2.48. The Morgan fingerprint density at radius 2 is 1.63 bits per heavy atom. The minimum absolute atomic E-state index is 0.510. The van der Waals surface area contributed by atoms with Crippen LogP contribution < -0.4 is 10.7 Å². The van der Waals surface area contributed by atoms with E-state index in [0.717, 1.165) is 5.56 Å². The van der Waals surface area contributed by atoms with E-state index < -0.39 is 0 Å². The van der Waals surface area contributed by atoms with Gasteiger partial charge in [-0.2, -0.15) is 5.10 Å². The van der Waals surface area contributed by atoms with Gasteiger partial charge < -0.3 is 5.32 Å². The van der Waals surface area contributed by atoms with Crippen LogP contribution in [0, 0.1) is 0 Å². The highest BCUT2D eigenvalue weighted by atomic mass is 32.1. The van der Waals surface area contributed by atoms with Crippen LogP contribution in [0.1, 0.15) is 11.1 Å². The number of nitrogens with one attached hydrogen (secondary N) is 2. The Kier molecular flexibility index (Phi) is 5.07. The van der Waals surface area contributed by atoms with Crippen molar-refractivity contribution in [3.63, 3.8) is 0 Å². The van der Waals surface area contributed by atoms with Crippen molar-refractivity contribution in [3.8, 4) is 0 Å². The molecule has 0 heterocycles. The summed E-state index contributed by atoms with van der Waals surface area (Å²) in [5.41, 5.74) is 5.00. The van der Waals surface area contributed by atoms with E-state index in [1.54, 1.807) is 6.21 Å². The van der Waals surface area contributed by atoms with Gasteiger partial charge in [-0.1, -0.05) is 60.7 Å². The van der Waals surface area contributed by atoms with Crippen molar-refractivity contribution in [1.29, 1.82) is 0 Å². The Morgan fingerprint density at radius 1 is 1.00 bits per heavy atom. The zero-order valence-electron chi connectivity index (χ0n) is 10.4. The van der Waals surface area contributed by atoms with Gasteiger partial charge in [-0.3, -0.25) is 5.43 Å². The van der Waals surface area contributed by atoms with E-state index in [2.05, 4.69) is 15.8 Å². The number of nitrogens with zero attached hydrogens (tertiary/aromatic N) is 1. The second-order valence-electron chi connectivity index (χ2n) is 3.95. The van der Waals surface area contributed by atoms with E-state index in [9.17, 15) is 0 Å². The first-order chi connectivity index (χ1) is 9.34. The first kappa shape index (κ1) is 13.2. The maximum Gasteiger partial charge on any atom is 0.187 e. The predicted molar refractivity (Wildman–Crippen MR) is 83.1 cm³/mol. The lowest BCUT2D eigenvalue weighted by atomic mass is 10.2. The second-order valence-corrected chi connectivity index (χ2v) is 4.36. The summed E-state index contributed by atoms with van der Waals surface area (Å²) in [5, 5.41) is 7.68. The first-order valence-electron chi connectivity index (χ1n) is 6.00. The zero-order valence-corrected chi connectivity index (χ0v) is 11.2. The van der Waals surface area contributed by atoms with Crippen molar-refractivity contribution in [3.05, 3.63) is 71.8 Å². The molecule has 0 saturated carbocycles. The third kappa shape index (κ3) is 4.89. The lowest BCUT2D eigenvalue weighted by Crippen LogP contribution is -2.31. The fourth-order valence-corrected chi connectivity index (χ4v) is 1.65. The van der Waals surface area contributed by atoms with Crippen molar-refractivity contribution < 1.29 is 0 Å². The van der Waals surface area contributed by atoms with Gasteiger partial charge in [-0.15, -0.1) is 0 Å². The minimum Gasteiger partial charge on any atom is -0.357 e. The van der Waals surface area contributed by atoms with Crippen molar-refractivity contribution >= 4 is 23.5 Å². The number of thiocarbonyl (C=S) groups is 1. The van der Waals surface area contributed by atoms with Crippen LogP contribution in [0.4, 0.5) is 0 Å². The number of benzene rings is 2. The molecule has 3 nitrogen and oxygen atoms in total. The molecule has 0 saturated heterocycles. The Bertz CT molecular complexity index is 538. The molecule has 96 valence electrons. The summed E-state index contributed by atoms with van der Waals surface area (Å²) in [6.07, 6.45) is 1.73. The largest absolute Gasteiger partial charge is 0.357 e. The summed E-state index contributed by atoms with van der Waals surface area (Å²) >= 11 is 5.13. The van der Waals surface area contributed by atoms with E-state index in [1.165, 1.54) is 5.56 Å². The summed E-state index contributed by atoms with van der Waals surface area (Å²) in [6.45, 7) is 0.688. The molecule has 0 radical (unpaired) electrons. The fourth-order valence-electron chi connectivity index (χ4n) is 1.52. The van der Waals surface area contributed by atoms with Gasteiger partial charge in [0.1, 0.15) is 0 Å². The highest BCUT2D eigenvalue weighted by molar-refractivity contribution is 7.80. The van der Waals surface area contributed by atoms with Gasteiger partial charge in [0.25, 0.3) is 0 Å². The van der Waals surface area contributed by atoms with Crippen LogP contribution in [0.15, 0.2) is 65.8 Å². The molecule has 0 atom stereocenters. The Morgan fingerprint density at radius 3 is 2.32 bits per heavy atom. The van der Waals surface area contributed by atoms with Gasteiger partial charge in [0, 0.05) is 6.54 Å². The van der Waals surface area contributed by atoms with Gasteiger partial charge in [0.15, 0.2) is 5.11 Å². The molecular weight excluding hydrogens is 254 g/mol. The monoisotopic (exact) mass is 269 g/mol. The smallest absolute Gasteiger partial charge is 0.187 e. The molecule has 19 heavy (non-hydrogen) atoms. The van der Waals surface area contributed by atoms with Crippen LogP contribution in [0.3, 0.4) is 0 Å². The molecular formula is C15H15N3S. The summed E-state index contributed by atoms with van der Waals surface area (Å²) in [6, 6.07) is 19.9. The molecule has 2 N–H and O–H groups in total. The van der Waals surface area contributed by atoms with Crippen LogP contribution in [-0.2, 0) is 6.54 Å². The quantitative estimate of drug-likeness (QED) is 0.509. The third-order valence-corrected chi connectivity index (χ3v) is 2.71. The van der Waals surface area contributed by atoms with Crippen molar-refractivity contribution in [2.24, 2.45) is 5.10 Å². The molecule has 0 aromatic heterocycles. The van der Waals surface area contributed by atoms with Crippen molar-refractivity contribution in [1.82, 2.24) is 10.7 Å². The molecule has 0 fully saturated rings. The van der Waals surface area contributed by atoms with Crippen LogP contribution in [0.5, 0.6) is 0 Å². The van der Waals surface area contributed by atoms with Crippen molar-refractivity contribution in [2.45, 2.75) is 6.54 Å². The Balaban J connectivity index is 1.75. The maximum absolute atomic E-state index is 5.13. The summed E-state index contributed by atoms with van der Waals surface area (Å²) in [4.78, 5) is 0. The molecule has 0 amide bonds. The van der Waals surface area contributed by atoms with Crippen LogP contribution >= 0.6 is 12.2 Å². The van der Waals surface area contributed by atoms with Crippen molar-refractivity contribution in [2.75, 3.05) is 0 Å². The second kappa shape index (κ2) is 7.28. The summed E-state index contributed by atoms with van der Waals surface area (Å²) < 4.78 is 0. The summed E-state index contributed by atoms with van der Waals surface area (Å²) in [7, 11) is 0. The molecule has 2 rings (SSSR count). The minimum atomic E-state index is 0.510. The average Bonchev–Trinajstić information content (AvgIpc) is 2.47. The first-order valence-corrected chi connectivity index (χ1v) is 6.41. The SMILES string of the molecule is S=C(NCc1ccccc1)NN=Cc1ccccc1. The molecule has 0 aliphatic heterocycles. The van der Waals surface area contributed by atoms with E-state index in [4.69, 9.17) is 12.2 Å². The van der Waals surface area contributed by atoms with Crippen LogP contribution in [-0.4, -0.2) is 11.3 Å². The number of rotatable bonds is 4. The average molecular weight is 269 g/mol. The fraction of sp³-hybridized carbons (Fsp3) is 0.0667. The number of hydrogen-bond donors (Lipinski definition) is 2.